The van der Waals surface area contributed by atoms with Gasteiger partial charge >= 0.3 is 0 Å². The Morgan fingerprint density at radius 1 is 1.12 bits per heavy atom. The Morgan fingerprint density at radius 3 is 2.61 bits per heavy atom. The summed E-state index contributed by atoms with van der Waals surface area (Å²) in [6.45, 7) is 0. The molecule has 0 N–H and O–H groups in total. The normalized spacial score (nSPS) is 15.6. The maximum atomic E-state index is 13.2. The Morgan fingerprint density at radius 2 is 1.91 bits per heavy atom. The minimum Gasteiger partial charge on any atom is -0.497 e. The first-order valence-corrected chi connectivity index (χ1v) is 11.3. The van der Waals surface area contributed by atoms with Gasteiger partial charge in [0.15, 0.2) is 16.7 Å². The molecule has 5 rings (SSSR count). The summed E-state index contributed by atoms with van der Waals surface area (Å²) in [5, 5.41) is 15.2. The highest BCUT2D eigenvalue weighted by Crippen LogP contribution is 2.34. The third kappa shape index (κ3) is 4.17. The minimum absolute atomic E-state index is 0.146. The second-order valence-corrected chi connectivity index (χ2v) is 8.32. The highest BCUT2D eigenvalue weighted by atomic mass is 32.2. The van der Waals surface area contributed by atoms with Crippen molar-refractivity contribution in [3.8, 4) is 17.3 Å². The smallest absolute Gasteiger partial charge is 0.253 e. The number of hydrazone groups is 1. The fourth-order valence-electron chi connectivity index (χ4n) is 3.65. The van der Waals surface area contributed by atoms with Gasteiger partial charge in [0.25, 0.3) is 5.91 Å². The fraction of sp³-hybridized carbons (Fsp3) is 0.217. The number of hydrogen-bond donors (Lipinski definition) is 0. The lowest BCUT2D eigenvalue weighted by Gasteiger charge is -2.19. The van der Waals surface area contributed by atoms with E-state index in [1.807, 2.05) is 49.5 Å². The predicted octanol–water partition coefficient (Wildman–Crippen LogP) is 4.15. The van der Waals surface area contributed by atoms with Gasteiger partial charge in [0.2, 0.25) is 0 Å². The molecule has 1 amide bonds. The highest BCUT2D eigenvalue weighted by molar-refractivity contribution is 7.99. The van der Waals surface area contributed by atoms with E-state index in [0.717, 1.165) is 17.0 Å². The van der Waals surface area contributed by atoms with Gasteiger partial charge in [-0.1, -0.05) is 11.8 Å². The molecule has 0 saturated carbocycles. The van der Waals surface area contributed by atoms with Gasteiger partial charge in [-0.2, -0.15) is 5.10 Å². The number of amides is 1. The second-order valence-electron chi connectivity index (χ2n) is 7.38. The van der Waals surface area contributed by atoms with Crippen LogP contribution in [0.4, 0.5) is 0 Å². The number of carbonyl (C=O) groups excluding carboxylic acids is 1. The van der Waals surface area contributed by atoms with Crippen LogP contribution >= 0.6 is 11.8 Å². The van der Waals surface area contributed by atoms with Crippen molar-refractivity contribution in [1.82, 2.24) is 19.8 Å². The summed E-state index contributed by atoms with van der Waals surface area (Å²) in [7, 11) is 3.47. The minimum atomic E-state index is -0.302. The zero-order valence-electron chi connectivity index (χ0n) is 18.0. The van der Waals surface area contributed by atoms with Crippen LogP contribution in [0.3, 0.4) is 0 Å². The van der Waals surface area contributed by atoms with E-state index in [0.29, 0.717) is 28.9 Å². The van der Waals surface area contributed by atoms with Crippen molar-refractivity contribution in [3.63, 3.8) is 0 Å². The molecule has 9 nitrogen and oxygen atoms in total. The molecule has 3 aromatic heterocycles. The van der Waals surface area contributed by atoms with Crippen molar-refractivity contribution in [3.05, 3.63) is 72.4 Å². The van der Waals surface area contributed by atoms with Crippen molar-refractivity contribution in [2.75, 3.05) is 12.9 Å². The van der Waals surface area contributed by atoms with Crippen molar-refractivity contribution >= 4 is 23.4 Å². The molecule has 0 radical (unpaired) electrons. The third-order valence-corrected chi connectivity index (χ3v) is 6.37. The number of carbonyl (C=O) groups is 1. The van der Waals surface area contributed by atoms with E-state index in [1.54, 1.807) is 30.3 Å². The molecular weight excluding hydrogens is 442 g/mol. The van der Waals surface area contributed by atoms with Gasteiger partial charge in [0, 0.05) is 13.5 Å². The van der Waals surface area contributed by atoms with Gasteiger partial charge in [-0.05, 0) is 54.1 Å². The van der Waals surface area contributed by atoms with Gasteiger partial charge < -0.3 is 18.1 Å². The molecule has 1 aliphatic heterocycles. The Balaban J connectivity index is 1.34. The zero-order valence-corrected chi connectivity index (χ0v) is 18.9. The molecule has 1 aliphatic rings. The molecule has 0 bridgehead atoms. The van der Waals surface area contributed by atoms with Crippen LogP contribution < -0.4 is 4.74 Å². The number of thioether (sulfide) groups is 1. The molecule has 4 aromatic rings. The highest BCUT2D eigenvalue weighted by Gasteiger charge is 2.35. The maximum absolute atomic E-state index is 13.2. The number of aromatic nitrogens is 3. The number of methoxy groups -OCH3 is 1. The number of furan rings is 2. The van der Waals surface area contributed by atoms with Crippen molar-refractivity contribution in [1.29, 1.82) is 0 Å². The molecule has 10 heteroatoms. The van der Waals surface area contributed by atoms with Gasteiger partial charge in [-0.25, -0.2) is 5.01 Å². The molecule has 0 unspecified atom stereocenters. The summed E-state index contributed by atoms with van der Waals surface area (Å²) >= 11 is 1.30. The summed E-state index contributed by atoms with van der Waals surface area (Å²) in [5.41, 5.74) is 1.75. The van der Waals surface area contributed by atoms with E-state index in [4.69, 9.17) is 13.6 Å². The van der Waals surface area contributed by atoms with Gasteiger partial charge in [0.1, 0.15) is 17.6 Å². The van der Waals surface area contributed by atoms with E-state index in [-0.39, 0.29) is 17.7 Å². The Labute approximate surface area is 194 Å². The van der Waals surface area contributed by atoms with Gasteiger partial charge in [0.05, 0.1) is 31.1 Å². The van der Waals surface area contributed by atoms with E-state index < -0.39 is 0 Å². The lowest BCUT2D eigenvalue weighted by molar-refractivity contribution is -0.130. The molecule has 33 heavy (non-hydrogen) atoms. The van der Waals surface area contributed by atoms with Gasteiger partial charge in [-0.15, -0.1) is 10.2 Å². The number of benzene rings is 1. The standard InChI is InChI=1S/C23H21N5O4S/c1-27-22(20-6-4-12-32-20)24-25-23(27)33-14-21(29)28-18(19-5-3-11-31-19)13-17(26-28)15-7-9-16(30-2)10-8-15/h3-12,18H,13-14H2,1-2H3/t18-/m0/s1. The summed E-state index contributed by atoms with van der Waals surface area (Å²) < 4.78 is 18.1. The van der Waals surface area contributed by atoms with Crippen LogP contribution in [0.25, 0.3) is 11.6 Å². The zero-order chi connectivity index (χ0) is 22.8. The predicted molar refractivity (Wildman–Crippen MR) is 122 cm³/mol. The van der Waals surface area contributed by atoms with Crippen LogP contribution in [0.5, 0.6) is 5.75 Å². The molecule has 1 atom stereocenters. The fourth-order valence-corrected chi connectivity index (χ4v) is 4.42. The maximum Gasteiger partial charge on any atom is 0.253 e. The first-order chi connectivity index (χ1) is 16.1. The van der Waals surface area contributed by atoms with Crippen LogP contribution in [-0.4, -0.2) is 44.3 Å². The molecule has 0 fully saturated rings. The van der Waals surface area contributed by atoms with Crippen LogP contribution in [0.2, 0.25) is 0 Å². The topological polar surface area (TPSA) is 98.9 Å². The summed E-state index contributed by atoms with van der Waals surface area (Å²) in [4.78, 5) is 13.2. The molecule has 168 valence electrons. The average Bonchev–Trinajstić information content (AvgIpc) is 3.64. The first kappa shape index (κ1) is 21.1. The molecule has 0 aliphatic carbocycles. The Bertz CT molecular complexity index is 1260. The van der Waals surface area contributed by atoms with Crippen molar-refractivity contribution < 1.29 is 18.4 Å². The van der Waals surface area contributed by atoms with E-state index in [2.05, 4.69) is 15.3 Å². The largest absolute Gasteiger partial charge is 0.497 e. The molecule has 0 spiro atoms. The second kappa shape index (κ2) is 8.99. The quantitative estimate of drug-likeness (QED) is 0.380. The summed E-state index contributed by atoms with van der Waals surface area (Å²) in [6.07, 6.45) is 3.75. The lowest BCUT2D eigenvalue weighted by atomic mass is 10.0. The van der Waals surface area contributed by atoms with Crippen LogP contribution in [0, 0.1) is 0 Å². The lowest BCUT2D eigenvalue weighted by Crippen LogP contribution is -2.28. The molecule has 1 aromatic carbocycles. The summed E-state index contributed by atoms with van der Waals surface area (Å²) in [6, 6.07) is 14.6. The van der Waals surface area contributed by atoms with Crippen LogP contribution in [0.1, 0.15) is 23.8 Å². The molecular formula is C23H21N5O4S. The number of nitrogens with zero attached hydrogens (tertiary/aromatic N) is 5. The van der Waals surface area contributed by atoms with Gasteiger partial charge in [-0.3, -0.25) is 4.79 Å². The van der Waals surface area contributed by atoms with E-state index in [1.165, 1.54) is 16.8 Å². The summed E-state index contributed by atoms with van der Waals surface area (Å²) in [5.74, 6) is 2.69. The average molecular weight is 464 g/mol. The Hall–Kier alpha value is -3.79. The SMILES string of the molecule is COc1ccc(C2=NN(C(=O)CSc3nnc(-c4ccco4)n3C)[C@H](c3ccco3)C2)cc1. The molecule has 4 heterocycles. The monoisotopic (exact) mass is 463 g/mol. The Kier molecular flexibility index (Phi) is 5.74. The van der Waals surface area contributed by atoms with Crippen LogP contribution in [-0.2, 0) is 11.8 Å². The third-order valence-electron chi connectivity index (χ3n) is 5.36. The number of rotatable bonds is 7. The van der Waals surface area contributed by atoms with E-state index >= 15 is 0 Å². The number of hydrogen-bond acceptors (Lipinski definition) is 8. The van der Waals surface area contributed by atoms with Crippen LogP contribution in [0.15, 0.2) is 80.1 Å². The van der Waals surface area contributed by atoms with E-state index in [9.17, 15) is 4.79 Å². The van der Waals surface area contributed by atoms with Crippen molar-refractivity contribution in [2.24, 2.45) is 12.1 Å². The first-order valence-electron chi connectivity index (χ1n) is 10.3. The van der Waals surface area contributed by atoms with Crippen molar-refractivity contribution in [2.45, 2.75) is 17.6 Å². The number of ether oxygens (including phenoxy) is 1. The molecule has 0 saturated heterocycles.